The molecule has 1 saturated heterocycles. The molecule has 7 heteroatoms. The number of likely N-dealkylation sites (tertiary alicyclic amines) is 1. The quantitative estimate of drug-likeness (QED) is 0.902. The van der Waals surface area contributed by atoms with Crippen LogP contribution in [0.15, 0.2) is 12.1 Å². The number of halogens is 2. The number of urea groups is 1. The predicted molar refractivity (Wildman–Crippen MR) is 78.0 cm³/mol. The molecule has 1 aliphatic heterocycles. The molecule has 1 heterocycles. The number of ether oxygens (including phenoxy) is 1. The number of carbonyl (C=O) groups is 1. The van der Waals surface area contributed by atoms with Crippen molar-refractivity contribution in [3.05, 3.63) is 23.8 Å². The van der Waals surface area contributed by atoms with Gasteiger partial charge in [-0.1, -0.05) is 0 Å². The minimum absolute atomic E-state index is 0.00203. The molecule has 0 bridgehead atoms. The van der Waals surface area contributed by atoms with Crippen molar-refractivity contribution in [3.8, 4) is 5.75 Å². The molecular weight excluding hydrogens is 294 g/mol. The van der Waals surface area contributed by atoms with Crippen molar-refractivity contribution in [1.29, 1.82) is 0 Å². The predicted octanol–water partition coefficient (Wildman–Crippen LogP) is 2.74. The summed E-state index contributed by atoms with van der Waals surface area (Å²) in [6, 6.07) is 1.17. The van der Waals surface area contributed by atoms with Gasteiger partial charge in [-0.05, 0) is 26.7 Å². The fourth-order valence-electron chi connectivity index (χ4n) is 2.77. The Hall–Kier alpha value is -1.89. The molecule has 5 nitrogen and oxygen atoms in total. The lowest BCUT2D eigenvalue weighted by molar-refractivity contribution is 0.0117. The fraction of sp³-hybridized carbons (Fsp3) is 0.533. The van der Waals surface area contributed by atoms with Gasteiger partial charge in [-0.25, -0.2) is 13.6 Å². The minimum Gasteiger partial charge on any atom is -0.491 e. The molecule has 0 aliphatic carbocycles. The third kappa shape index (κ3) is 3.30. The Morgan fingerprint density at radius 3 is 2.50 bits per heavy atom. The van der Waals surface area contributed by atoms with Crippen LogP contribution in [0.4, 0.5) is 19.3 Å². The van der Waals surface area contributed by atoms with Crippen LogP contribution >= 0.6 is 0 Å². The monoisotopic (exact) mass is 314 g/mol. The van der Waals surface area contributed by atoms with Crippen LogP contribution in [0.3, 0.4) is 0 Å². The largest absolute Gasteiger partial charge is 0.491 e. The number of benzene rings is 1. The summed E-state index contributed by atoms with van der Waals surface area (Å²) in [7, 11) is 1.16. The van der Waals surface area contributed by atoms with Gasteiger partial charge in [0.2, 0.25) is 0 Å². The number of nitrogens with one attached hydrogen (secondary N) is 1. The van der Waals surface area contributed by atoms with Crippen molar-refractivity contribution < 1.29 is 23.4 Å². The first kappa shape index (κ1) is 16.5. The number of amides is 2. The summed E-state index contributed by atoms with van der Waals surface area (Å²) in [6.45, 7) is 3.76. The first-order chi connectivity index (χ1) is 10.2. The fourth-order valence-corrected chi connectivity index (χ4v) is 2.77. The van der Waals surface area contributed by atoms with E-state index in [9.17, 15) is 18.7 Å². The van der Waals surface area contributed by atoms with E-state index in [1.807, 2.05) is 0 Å². The summed E-state index contributed by atoms with van der Waals surface area (Å²) in [5, 5.41) is 12.6. The molecule has 2 amide bonds. The van der Waals surface area contributed by atoms with Crippen LogP contribution in [0, 0.1) is 11.6 Å². The summed E-state index contributed by atoms with van der Waals surface area (Å²) in [5.74, 6) is -2.27. The maximum absolute atomic E-state index is 13.6. The normalized spacial score (nSPS) is 18.5. The van der Waals surface area contributed by atoms with E-state index in [0.717, 1.165) is 25.7 Å². The van der Waals surface area contributed by atoms with E-state index < -0.39 is 29.0 Å². The number of anilines is 1. The summed E-state index contributed by atoms with van der Waals surface area (Å²) in [6.07, 6.45) is 1.45. The number of nitrogens with zero attached hydrogens (tertiary/aromatic N) is 1. The van der Waals surface area contributed by atoms with Crippen molar-refractivity contribution in [2.24, 2.45) is 0 Å². The van der Waals surface area contributed by atoms with Crippen LogP contribution in [-0.2, 0) is 0 Å². The van der Waals surface area contributed by atoms with Crippen molar-refractivity contribution in [3.63, 3.8) is 0 Å². The second-order valence-corrected chi connectivity index (χ2v) is 5.91. The molecule has 2 N–H and O–H groups in total. The highest BCUT2D eigenvalue weighted by atomic mass is 19.1. The molecule has 2 rings (SSSR count). The summed E-state index contributed by atoms with van der Waals surface area (Å²) in [5.41, 5.74) is -1.04. The van der Waals surface area contributed by atoms with Gasteiger partial charge in [0, 0.05) is 24.4 Å². The van der Waals surface area contributed by atoms with Gasteiger partial charge in [-0.2, -0.15) is 0 Å². The Morgan fingerprint density at radius 1 is 1.41 bits per heavy atom. The number of rotatable bonds is 3. The van der Waals surface area contributed by atoms with Gasteiger partial charge in [0.15, 0.2) is 17.4 Å². The van der Waals surface area contributed by atoms with Crippen molar-refractivity contribution in [1.82, 2.24) is 4.90 Å². The van der Waals surface area contributed by atoms with Crippen LogP contribution in [-0.4, -0.2) is 41.3 Å². The second-order valence-electron chi connectivity index (χ2n) is 5.91. The lowest BCUT2D eigenvalue weighted by Gasteiger charge is -2.33. The second kappa shape index (κ2) is 6.08. The van der Waals surface area contributed by atoms with Crippen molar-refractivity contribution in [2.75, 3.05) is 19.0 Å². The highest BCUT2D eigenvalue weighted by Gasteiger charge is 2.38. The Kier molecular flexibility index (Phi) is 4.55. The molecule has 1 aromatic carbocycles. The number of methoxy groups -OCH3 is 1. The van der Waals surface area contributed by atoms with Crippen LogP contribution in [0.2, 0.25) is 0 Å². The first-order valence-electron chi connectivity index (χ1n) is 7.07. The molecule has 1 atom stereocenters. The van der Waals surface area contributed by atoms with E-state index in [-0.39, 0.29) is 11.7 Å². The maximum atomic E-state index is 13.6. The molecular formula is C15H20F2N2O3. The van der Waals surface area contributed by atoms with Gasteiger partial charge >= 0.3 is 6.03 Å². The maximum Gasteiger partial charge on any atom is 0.322 e. The molecule has 0 spiro atoms. The summed E-state index contributed by atoms with van der Waals surface area (Å²) >= 11 is 0. The lowest BCUT2D eigenvalue weighted by Crippen LogP contribution is -2.49. The van der Waals surface area contributed by atoms with E-state index in [0.29, 0.717) is 13.0 Å². The van der Waals surface area contributed by atoms with E-state index in [1.165, 1.54) is 4.90 Å². The number of hydrogen-bond donors (Lipinski definition) is 2. The molecule has 1 unspecified atom stereocenters. The number of carbonyl (C=O) groups excluding carboxylic acids is 1. The van der Waals surface area contributed by atoms with Crippen molar-refractivity contribution in [2.45, 2.75) is 38.3 Å². The van der Waals surface area contributed by atoms with Crippen LogP contribution < -0.4 is 10.1 Å². The Balaban J connectivity index is 2.15. The molecule has 1 fully saturated rings. The van der Waals surface area contributed by atoms with Gasteiger partial charge in [0.1, 0.15) is 0 Å². The topological polar surface area (TPSA) is 61.8 Å². The number of hydrogen-bond acceptors (Lipinski definition) is 3. The molecule has 0 radical (unpaired) electrons. The molecule has 22 heavy (non-hydrogen) atoms. The van der Waals surface area contributed by atoms with Crippen LogP contribution in [0.25, 0.3) is 0 Å². The average molecular weight is 314 g/mol. The van der Waals surface area contributed by atoms with E-state index in [2.05, 4.69) is 10.1 Å². The highest BCUT2D eigenvalue weighted by molar-refractivity contribution is 5.90. The summed E-state index contributed by atoms with van der Waals surface area (Å²) in [4.78, 5) is 13.8. The highest BCUT2D eigenvalue weighted by Crippen LogP contribution is 2.29. The molecule has 1 aromatic rings. The van der Waals surface area contributed by atoms with Gasteiger partial charge in [-0.15, -0.1) is 0 Å². The first-order valence-corrected chi connectivity index (χ1v) is 7.07. The van der Waals surface area contributed by atoms with Gasteiger partial charge in [0.25, 0.3) is 0 Å². The van der Waals surface area contributed by atoms with E-state index in [4.69, 9.17) is 0 Å². The lowest BCUT2D eigenvalue weighted by atomic mass is 9.97. The van der Waals surface area contributed by atoms with Crippen molar-refractivity contribution >= 4 is 11.7 Å². The van der Waals surface area contributed by atoms with Gasteiger partial charge in [-0.3, -0.25) is 0 Å². The van der Waals surface area contributed by atoms with Crippen LogP contribution in [0.5, 0.6) is 5.75 Å². The smallest absolute Gasteiger partial charge is 0.322 e. The third-order valence-corrected chi connectivity index (χ3v) is 3.78. The average Bonchev–Trinajstić information content (AvgIpc) is 2.87. The molecule has 0 saturated carbocycles. The standard InChI is InChI=1S/C15H20F2N2O3/c1-15(2,21)12-5-4-6-19(12)14(20)18-9-7-10(16)13(22-3)11(17)8-9/h7-8,12,21H,4-6H2,1-3H3,(H,18,20). The van der Waals surface area contributed by atoms with Gasteiger partial charge < -0.3 is 20.1 Å². The Labute approximate surface area is 127 Å². The molecule has 0 aromatic heterocycles. The van der Waals surface area contributed by atoms with Gasteiger partial charge in [0.05, 0.1) is 18.8 Å². The Bertz CT molecular complexity index is 549. The Morgan fingerprint density at radius 2 is 2.00 bits per heavy atom. The molecule has 122 valence electrons. The SMILES string of the molecule is COc1c(F)cc(NC(=O)N2CCCC2C(C)(C)O)cc1F. The van der Waals surface area contributed by atoms with Crippen LogP contribution in [0.1, 0.15) is 26.7 Å². The number of aliphatic hydroxyl groups is 1. The molecule has 1 aliphatic rings. The summed E-state index contributed by atoms with van der Waals surface area (Å²) < 4.78 is 31.9. The van der Waals surface area contributed by atoms with E-state index >= 15 is 0 Å². The zero-order chi connectivity index (χ0) is 16.5. The third-order valence-electron chi connectivity index (χ3n) is 3.78. The zero-order valence-electron chi connectivity index (χ0n) is 12.8. The minimum atomic E-state index is -1.04. The zero-order valence-corrected chi connectivity index (χ0v) is 12.8. The van der Waals surface area contributed by atoms with E-state index in [1.54, 1.807) is 13.8 Å².